The second-order valence-electron chi connectivity index (χ2n) is 4.36. The Morgan fingerprint density at radius 3 is 2.72 bits per heavy atom. The summed E-state index contributed by atoms with van der Waals surface area (Å²) < 4.78 is 13.0. The topological polar surface area (TPSA) is 64.8 Å². The summed E-state index contributed by atoms with van der Waals surface area (Å²) in [4.78, 5) is 12.5. The molecule has 0 radical (unpaired) electrons. The molecule has 2 aliphatic heterocycles. The smallest absolute Gasteiger partial charge is 0.236 e. The van der Waals surface area contributed by atoms with Crippen LogP contribution in [0.2, 0.25) is 0 Å². The first-order chi connectivity index (χ1) is 8.65. The molecule has 0 aliphatic carbocycles. The Balaban J connectivity index is 1.98. The van der Waals surface area contributed by atoms with E-state index in [1.54, 1.807) is 0 Å². The summed E-state index contributed by atoms with van der Waals surface area (Å²) >= 11 is 1.52. The van der Waals surface area contributed by atoms with Gasteiger partial charge in [0, 0.05) is 4.90 Å². The van der Waals surface area contributed by atoms with Crippen LogP contribution in [0.3, 0.4) is 0 Å². The molecular weight excluding hydrogens is 252 g/mol. The maximum atomic E-state index is 11.4. The predicted molar refractivity (Wildman–Crippen MR) is 67.7 cm³/mol. The van der Waals surface area contributed by atoms with Crippen LogP contribution in [0, 0.1) is 0 Å². The molecule has 0 saturated carbocycles. The summed E-state index contributed by atoms with van der Waals surface area (Å²) in [6.07, 6.45) is 0.616. The van der Waals surface area contributed by atoms with Crippen LogP contribution in [0.15, 0.2) is 17.0 Å². The van der Waals surface area contributed by atoms with Crippen molar-refractivity contribution in [2.45, 2.75) is 17.4 Å². The van der Waals surface area contributed by atoms with Crippen LogP contribution in [0.5, 0.6) is 11.5 Å². The van der Waals surface area contributed by atoms with E-state index < -0.39 is 0 Å². The zero-order chi connectivity index (χ0) is 12.7. The number of hydrogen-bond acceptors (Lipinski definition) is 5. The van der Waals surface area contributed by atoms with E-state index >= 15 is 0 Å². The first-order valence-corrected chi connectivity index (χ1v) is 6.55. The molecule has 6 heteroatoms. The van der Waals surface area contributed by atoms with Gasteiger partial charge in [0.25, 0.3) is 0 Å². The number of hydrogen-bond donors (Lipinski definition) is 1. The van der Waals surface area contributed by atoms with Gasteiger partial charge in [0.15, 0.2) is 11.5 Å². The number of nitrogens with zero attached hydrogens (tertiary/aromatic N) is 1. The van der Waals surface area contributed by atoms with Crippen LogP contribution >= 0.6 is 11.9 Å². The quantitative estimate of drug-likeness (QED) is 0.762. The van der Waals surface area contributed by atoms with Crippen LogP contribution in [-0.4, -0.2) is 36.5 Å². The van der Waals surface area contributed by atoms with Gasteiger partial charge in [-0.15, -0.1) is 0 Å². The average molecular weight is 266 g/mol. The first kappa shape index (κ1) is 11.7. The van der Waals surface area contributed by atoms with Crippen molar-refractivity contribution in [1.29, 1.82) is 0 Å². The monoisotopic (exact) mass is 266 g/mol. The Hall–Kier alpha value is -1.40. The number of nitrogens with two attached hydrogens (primary N) is 1. The molecular formula is C12H14N2O3S. The lowest BCUT2D eigenvalue weighted by Gasteiger charge is -2.31. The van der Waals surface area contributed by atoms with Gasteiger partial charge in [-0.2, -0.15) is 0 Å². The minimum absolute atomic E-state index is 0.273. The van der Waals surface area contributed by atoms with Gasteiger partial charge in [0.1, 0.15) is 19.3 Å². The molecule has 18 heavy (non-hydrogen) atoms. The number of likely N-dealkylation sites (N-methyl/N-ethyl adjacent to an activating group) is 1. The molecule has 0 saturated heterocycles. The molecule has 2 aliphatic rings. The maximum Gasteiger partial charge on any atom is 0.236 e. The predicted octanol–water partition coefficient (Wildman–Crippen LogP) is 0.807. The fraction of sp³-hybridized carbons (Fsp3) is 0.417. The highest BCUT2D eigenvalue weighted by Crippen LogP contribution is 2.41. The summed E-state index contributed by atoms with van der Waals surface area (Å²) in [7, 11) is 1.87. The summed E-state index contributed by atoms with van der Waals surface area (Å²) in [6, 6.07) is 3.66. The Morgan fingerprint density at radius 1 is 1.39 bits per heavy atom. The SMILES string of the molecule is CN1Sc2cc3c(cc2CC1C(N)=O)OCCO3. The van der Waals surface area contributed by atoms with E-state index in [1.165, 1.54) is 11.9 Å². The fourth-order valence-electron chi connectivity index (χ4n) is 2.19. The highest BCUT2D eigenvalue weighted by atomic mass is 32.2. The number of carbonyl (C=O) groups excluding carboxylic acids is 1. The van der Waals surface area contributed by atoms with E-state index in [2.05, 4.69) is 0 Å². The van der Waals surface area contributed by atoms with Crippen molar-refractivity contribution in [1.82, 2.24) is 4.31 Å². The molecule has 1 amide bonds. The van der Waals surface area contributed by atoms with Gasteiger partial charge in [0.2, 0.25) is 5.91 Å². The summed E-state index contributed by atoms with van der Waals surface area (Å²) in [5.41, 5.74) is 6.49. The highest BCUT2D eigenvalue weighted by molar-refractivity contribution is 7.97. The molecule has 1 aromatic carbocycles. The third-order valence-electron chi connectivity index (χ3n) is 3.15. The highest BCUT2D eigenvalue weighted by Gasteiger charge is 2.30. The molecule has 1 atom stereocenters. The number of ether oxygens (including phenoxy) is 2. The van der Waals surface area contributed by atoms with Crippen molar-refractivity contribution in [3.8, 4) is 11.5 Å². The lowest BCUT2D eigenvalue weighted by Crippen LogP contribution is -2.42. The lowest BCUT2D eigenvalue weighted by molar-refractivity contribution is -0.121. The Morgan fingerprint density at radius 2 is 2.06 bits per heavy atom. The van der Waals surface area contributed by atoms with E-state index in [0.717, 1.165) is 22.0 Å². The summed E-state index contributed by atoms with van der Waals surface area (Å²) in [5.74, 6) is 1.23. The summed E-state index contributed by atoms with van der Waals surface area (Å²) in [5, 5.41) is 0. The third-order valence-corrected chi connectivity index (χ3v) is 4.27. The second-order valence-corrected chi connectivity index (χ2v) is 5.56. The van der Waals surface area contributed by atoms with E-state index in [-0.39, 0.29) is 11.9 Å². The largest absolute Gasteiger partial charge is 0.486 e. The second kappa shape index (κ2) is 4.37. The van der Waals surface area contributed by atoms with Crippen LogP contribution < -0.4 is 15.2 Å². The molecule has 2 N–H and O–H groups in total. The molecule has 0 aromatic heterocycles. The van der Waals surface area contributed by atoms with Crippen molar-refractivity contribution in [3.63, 3.8) is 0 Å². The van der Waals surface area contributed by atoms with Gasteiger partial charge in [0.05, 0.1) is 0 Å². The summed E-state index contributed by atoms with van der Waals surface area (Å²) in [6.45, 7) is 1.15. The van der Waals surface area contributed by atoms with Gasteiger partial charge < -0.3 is 15.2 Å². The molecule has 96 valence electrons. The van der Waals surface area contributed by atoms with E-state index in [9.17, 15) is 4.79 Å². The number of carbonyl (C=O) groups is 1. The van der Waals surface area contributed by atoms with Crippen molar-refractivity contribution in [2.75, 3.05) is 20.3 Å². The van der Waals surface area contributed by atoms with Crippen LogP contribution in [0.1, 0.15) is 5.56 Å². The van der Waals surface area contributed by atoms with Crippen LogP contribution in [-0.2, 0) is 11.2 Å². The number of fused-ring (bicyclic) bond motifs is 2. The van der Waals surface area contributed by atoms with Gasteiger partial charge in [-0.05, 0) is 43.1 Å². The maximum absolute atomic E-state index is 11.4. The van der Waals surface area contributed by atoms with Crippen molar-refractivity contribution in [2.24, 2.45) is 5.73 Å². The van der Waals surface area contributed by atoms with Gasteiger partial charge in [-0.25, -0.2) is 4.31 Å². The van der Waals surface area contributed by atoms with Crippen LogP contribution in [0.4, 0.5) is 0 Å². The zero-order valence-corrected chi connectivity index (χ0v) is 10.8. The Bertz CT molecular complexity index is 506. The van der Waals surface area contributed by atoms with Crippen molar-refractivity contribution in [3.05, 3.63) is 17.7 Å². The Labute approximate surface area is 109 Å². The number of amides is 1. The normalized spacial score (nSPS) is 22.4. The minimum atomic E-state index is -0.300. The third kappa shape index (κ3) is 1.91. The molecule has 3 rings (SSSR count). The zero-order valence-electron chi connectivity index (χ0n) is 10.0. The van der Waals surface area contributed by atoms with Crippen molar-refractivity contribution < 1.29 is 14.3 Å². The van der Waals surface area contributed by atoms with Crippen LogP contribution in [0.25, 0.3) is 0 Å². The Kier molecular flexibility index (Phi) is 2.83. The number of benzene rings is 1. The minimum Gasteiger partial charge on any atom is -0.486 e. The van der Waals surface area contributed by atoms with E-state index in [0.29, 0.717) is 19.6 Å². The fourth-order valence-corrected chi connectivity index (χ4v) is 3.23. The average Bonchev–Trinajstić information content (AvgIpc) is 2.35. The molecule has 0 spiro atoms. The number of primary amides is 1. The van der Waals surface area contributed by atoms with E-state index in [1.807, 2.05) is 23.5 Å². The van der Waals surface area contributed by atoms with Gasteiger partial charge >= 0.3 is 0 Å². The molecule has 5 nitrogen and oxygen atoms in total. The van der Waals surface area contributed by atoms with Gasteiger partial charge in [-0.1, -0.05) is 0 Å². The van der Waals surface area contributed by atoms with E-state index in [4.69, 9.17) is 15.2 Å². The molecule has 1 unspecified atom stereocenters. The van der Waals surface area contributed by atoms with Gasteiger partial charge in [-0.3, -0.25) is 4.79 Å². The van der Waals surface area contributed by atoms with Crippen molar-refractivity contribution >= 4 is 17.9 Å². The standard InChI is InChI=1S/C12H14N2O3S/c1-14-8(12(13)15)4-7-5-9-10(6-11(7)18-14)17-3-2-16-9/h5-6,8H,2-4H2,1H3,(H2,13,15). The lowest BCUT2D eigenvalue weighted by atomic mass is 10.0. The first-order valence-electron chi connectivity index (χ1n) is 5.78. The number of rotatable bonds is 1. The molecule has 2 heterocycles. The molecule has 0 fully saturated rings. The molecule has 0 bridgehead atoms. The molecule has 1 aromatic rings.